The zero-order valence-electron chi connectivity index (χ0n) is 10.5. The molecule has 1 fully saturated rings. The van der Waals surface area contributed by atoms with Crippen molar-refractivity contribution >= 4 is 5.91 Å². The Balaban J connectivity index is 2.21. The van der Waals surface area contributed by atoms with E-state index in [1.54, 1.807) is 4.68 Å². The number of carbonyl (C=O) groups is 1. The van der Waals surface area contributed by atoms with Crippen LogP contribution < -0.4 is 5.73 Å². The highest BCUT2D eigenvalue weighted by Crippen LogP contribution is 2.28. The van der Waals surface area contributed by atoms with Crippen molar-refractivity contribution in [2.75, 3.05) is 13.1 Å². The van der Waals surface area contributed by atoms with Crippen LogP contribution in [0.15, 0.2) is 6.20 Å². The molecule has 5 nitrogen and oxygen atoms in total. The van der Waals surface area contributed by atoms with Crippen LogP contribution in [0, 0.1) is 0 Å². The number of aromatic nitrogens is 2. The zero-order chi connectivity index (χ0) is 12.4. The zero-order valence-corrected chi connectivity index (χ0v) is 10.5. The molecular weight excluding hydrogens is 216 g/mol. The summed E-state index contributed by atoms with van der Waals surface area (Å²) in [5.74, 6) is 0.0860. The lowest BCUT2D eigenvalue weighted by atomic mass is 10.2. The van der Waals surface area contributed by atoms with Gasteiger partial charge in [0.15, 0.2) is 0 Å². The van der Waals surface area contributed by atoms with Gasteiger partial charge in [0.25, 0.3) is 5.91 Å². The summed E-state index contributed by atoms with van der Waals surface area (Å²) >= 11 is 0. The summed E-state index contributed by atoms with van der Waals surface area (Å²) in [6.07, 6.45) is 4.80. The number of amides is 1. The molecule has 2 rings (SSSR count). The molecule has 5 heteroatoms. The molecule has 1 aromatic rings. The maximum absolute atomic E-state index is 12.4. The van der Waals surface area contributed by atoms with Crippen molar-refractivity contribution in [3.63, 3.8) is 0 Å². The molecule has 0 bridgehead atoms. The number of hydrogen-bond donors (Lipinski definition) is 1. The summed E-state index contributed by atoms with van der Waals surface area (Å²) in [5, 5.41) is 4.31. The van der Waals surface area contributed by atoms with E-state index in [2.05, 4.69) is 5.10 Å². The maximum atomic E-state index is 12.4. The standard InChI is InChI=1S/C12H20N4O/c1-3-11-10(8-15(2)14-11)12(17)16(7-6-13)9-4-5-9/h8-9H,3-7,13H2,1-2H3. The summed E-state index contributed by atoms with van der Waals surface area (Å²) in [6.45, 7) is 3.18. The van der Waals surface area contributed by atoms with E-state index < -0.39 is 0 Å². The Morgan fingerprint density at radius 3 is 2.88 bits per heavy atom. The molecule has 0 unspecified atom stereocenters. The van der Waals surface area contributed by atoms with Gasteiger partial charge in [-0.3, -0.25) is 9.48 Å². The first-order valence-electron chi connectivity index (χ1n) is 6.21. The van der Waals surface area contributed by atoms with Crippen LogP contribution in [-0.2, 0) is 13.5 Å². The lowest BCUT2D eigenvalue weighted by Gasteiger charge is -2.21. The summed E-state index contributed by atoms with van der Waals surface area (Å²) in [7, 11) is 1.85. The van der Waals surface area contributed by atoms with E-state index in [1.807, 2.05) is 25.1 Å². The Labute approximate surface area is 102 Å². The third kappa shape index (κ3) is 2.49. The Kier molecular flexibility index (Phi) is 3.47. The third-order valence-electron chi connectivity index (χ3n) is 3.09. The number of hydrogen-bond acceptors (Lipinski definition) is 3. The molecule has 17 heavy (non-hydrogen) atoms. The van der Waals surface area contributed by atoms with Gasteiger partial charge in [-0.2, -0.15) is 5.10 Å². The molecule has 94 valence electrons. The summed E-state index contributed by atoms with van der Waals surface area (Å²) in [5.41, 5.74) is 7.18. The molecule has 0 aromatic carbocycles. The molecule has 0 saturated heterocycles. The van der Waals surface area contributed by atoms with Gasteiger partial charge in [0.2, 0.25) is 0 Å². The normalized spacial score (nSPS) is 15.0. The SMILES string of the molecule is CCc1nn(C)cc1C(=O)N(CCN)C1CC1. The second kappa shape index (κ2) is 4.87. The topological polar surface area (TPSA) is 64.2 Å². The van der Waals surface area contributed by atoms with Gasteiger partial charge < -0.3 is 10.6 Å². The van der Waals surface area contributed by atoms with Crippen LogP contribution in [0.5, 0.6) is 0 Å². The van der Waals surface area contributed by atoms with Crippen molar-refractivity contribution in [1.29, 1.82) is 0 Å². The van der Waals surface area contributed by atoms with E-state index in [0.29, 0.717) is 19.1 Å². The van der Waals surface area contributed by atoms with Gasteiger partial charge in [0, 0.05) is 32.4 Å². The van der Waals surface area contributed by atoms with E-state index in [9.17, 15) is 4.79 Å². The first-order chi connectivity index (χ1) is 8.17. The fourth-order valence-electron chi connectivity index (χ4n) is 2.10. The van der Waals surface area contributed by atoms with E-state index in [1.165, 1.54) is 0 Å². The second-order valence-corrected chi connectivity index (χ2v) is 4.54. The largest absolute Gasteiger partial charge is 0.334 e. The molecule has 1 aliphatic rings. The van der Waals surface area contributed by atoms with Crippen LogP contribution in [0.25, 0.3) is 0 Å². The molecule has 1 heterocycles. The predicted octanol–water partition coefficient (Wildman–Crippen LogP) is 0.546. The molecule has 1 aromatic heterocycles. The van der Waals surface area contributed by atoms with Gasteiger partial charge >= 0.3 is 0 Å². The highest BCUT2D eigenvalue weighted by Gasteiger charge is 2.33. The molecule has 0 aliphatic heterocycles. The van der Waals surface area contributed by atoms with Gasteiger partial charge in [0.05, 0.1) is 11.3 Å². The first-order valence-corrected chi connectivity index (χ1v) is 6.21. The van der Waals surface area contributed by atoms with E-state index in [4.69, 9.17) is 5.73 Å². The van der Waals surface area contributed by atoms with Gasteiger partial charge in [-0.25, -0.2) is 0 Å². The minimum Gasteiger partial charge on any atom is -0.334 e. The van der Waals surface area contributed by atoms with Gasteiger partial charge in [0.1, 0.15) is 0 Å². The maximum Gasteiger partial charge on any atom is 0.257 e. The smallest absolute Gasteiger partial charge is 0.257 e. The monoisotopic (exact) mass is 236 g/mol. The van der Waals surface area contributed by atoms with Crippen LogP contribution in [0.1, 0.15) is 35.8 Å². The second-order valence-electron chi connectivity index (χ2n) is 4.54. The lowest BCUT2D eigenvalue weighted by molar-refractivity contribution is 0.0747. The molecular formula is C12H20N4O. The minimum atomic E-state index is 0.0860. The summed E-state index contributed by atoms with van der Waals surface area (Å²) in [6, 6.07) is 0.399. The molecule has 0 atom stereocenters. The average molecular weight is 236 g/mol. The van der Waals surface area contributed by atoms with Gasteiger partial charge in [-0.15, -0.1) is 0 Å². The Morgan fingerprint density at radius 2 is 2.35 bits per heavy atom. The number of nitrogens with two attached hydrogens (primary N) is 1. The fraction of sp³-hybridized carbons (Fsp3) is 0.667. The summed E-state index contributed by atoms with van der Waals surface area (Å²) in [4.78, 5) is 14.3. The van der Waals surface area contributed by atoms with Crippen molar-refractivity contribution < 1.29 is 4.79 Å². The number of nitrogens with zero attached hydrogens (tertiary/aromatic N) is 3. The van der Waals surface area contributed by atoms with Crippen LogP contribution in [-0.4, -0.2) is 39.7 Å². The van der Waals surface area contributed by atoms with Gasteiger partial charge in [-0.1, -0.05) is 6.92 Å². The molecule has 0 spiro atoms. The third-order valence-corrected chi connectivity index (χ3v) is 3.09. The van der Waals surface area contributed by atoms with Crippen LogP contribution >= 0.6 is 0 Å². The quantitative estimate of drug-likeness (QED) is 0.812. The van der Waals surface area contributed by atoms with Crippen molar-refractivity contribution in [1.82, 2.24) is 14.7 Å². The van der Waals surface area contributed by atoms with Crippen LogP contribution in [0.4, 0.5) is 0 Å². The van der Waals surface area contributed by atoms with Crippen LogP contribution in [0.3, 0.4) is 0 Å². The van der Waals surface area contributed by atoms with Gasteiger partial charge in [-0.05, 0) is 19.3 Å². The molecule has 0 radical (unpaired) electrons. The highest BCUT2D eigenvalue weighted by molar-refractivity contribution is 5.95. The molecule has 1 aliphatic carbocycles. The Bertz CT molecular complexity index is 409. The van der Waals surface area contributed by atoms with Crippen molar-refractivity contribution in [3.8, 4) is 0 Å². The predicted molar refractivity (Wildman–Crippen MR) is 65.7 cm³/mol. The number of carbonyl (C=O) groups excluding carboxylic acids is 1. The molecule has 2 N–H and O–H groups in total. The van der Waals surface area contributed by atoms with Crippen LogP contribution in [0.2, 0.25) is 0 Å². The van der Waals surface area contributed by atoms with E-state index >= 15 is 0 Å². The van der Waals surface area contributed by atoms with Crippen molar-refractivity contribution in [2.45, 2.75) is 32.2 Å². The Hall–Kier alpha value is -1.36. The molecule has 1 amide bonds. The first kappa shape index (κ1) is 12.1. The highest BCUT2D eigenvalue weighted by atomic mass is 16.2. The minimum absolute atomic E-state index is 0.0860. The van der Waals surface area contributed by atoms with E-state index in [0.717, 1.165) is 30.5 Å². The Morgan fingerprint density at radius 1 is 1.65 bits per heavy atom. The fourth-order valence-corrected chi connectivity index (χ4v) is 2.10. The van der Waals surface area contributed by atoms with Crippen molar-refractivity contribution in [3.05, 3.63) is 17.5 Å². The lowest BCUT2D eigenvalue weighted by Crippen LogP contribution is -2.37. The van der Waals surface area contributed by atoms with E-state index in [-0.39, 0.29) is 5.91 Å². The summed E-state index contributed by atoms with van der Waals surface area (Å²) < 4.78 is 1.71. The number of aryl methyl sites for hydroxylation is 2. The van der Waals surface area contributed by atoms with Crippen molar-refractivity contribution in [2.24, 2.45) is 12.8 Å². The average Bonchev–Trinajstić information content (AvgIpc) is 3.08. The molecule has 1 saturated carbocycles. The number of rotatable bonds is 5.